The number of unbranched alkanes of at least 4 members (excludes halogenated alkanes) is 1. The molecule has 1 unspecified atom stereocenters. The number of benzene rings is 1. The van der Waals surface area contributed by atoms with Gasteiger partial charge in [-0.2, -0.15) is 0 Å². The summed E-state index contributed by atoms with van der Waals surface area (Å²) in [6.45, 7) is 4.70. The van der Waals surface area contributed by atoms with E-state index in [0.717, 1.165) is 25.7 Å². The van der Waals surface area contributed by atoms with Gasteiger partial charge in [0, 0.05) is 0 Å². The van der Waals surface area contributed by atoms with Gasteiger partial charge < -0.3 is 14.8 Å². The smallest absolute Gasteiger partial charge is 0.462 e. The van der Waals surface area contributed by atoms with E-state index in [1.165, 1.54) is 12.1 Å². The summed E-state index contributed by atoms with van der Waals surface area (Å²) in [5, 5.41) is 18.0. The Morgan fingerprint density at radius 3 is 2.40 bits per heavy atom. The van der Waals surface area contributed by atoms with Crippen molar-refractivity contribution in [1.82, 2.24) is 0 Å². The van der Waals surface area contributed by atoms with E-state index in [4.69, 9.17) is 14.8 Å². The molecule has 4 nitrogen and oxygen atoms in total. The van der Waals surface area contributed by atoms with Gasteiger partial charge in [-0.15, -0.1) is 0 Å². The van der Waals surface area contributed by atoms with Crippen LogP contribution in [0.1, 0.15) is 49.9 Å². The zero-order valence-corrected chi connectivity index (χ0v) is 12.2. The first-order valence-corrected chi connectivity index (χ1v) is 7.21. The Hall–Kier alpha value is -1.33. The summed E-state index contributed by atoms with van der Waals surface area (Å²) in [4.78, 5) is 11.9. The normalized spacial score (nSPS) is 12.0. The van der Waals surface area contributed by atoms with Crippen LogP contribution < -0.4 is 5.46 Å². The number of hydrogen-bond donors (Lipinski definition) is 2. The molecule has 1 aromatic carbocycles. The molecule has 1 atom stereocenters. The predicted molar refractivity (Wildman–Crippen MR) is 79.9 cm³/mol. The van der Waals surface area contributed by atoms with Crippen molar-refractivity contribution >= 4 is 18.6 Å². The maximum Gasteiger partial charge on any atom is 0.488 e. The van der Waals surface area contributed by atoms with Crippen LogP contribution in [0.25, 0.3) is 0 Å². The standard InChI is InChI=1S/C15H23BO4/c1-3-5-6-12(4-2)11-20-15(17)13-7-9-14(10-8-13)16(18)19/h7-10,12,18-19H,3-6,11H2,1-2H3. The molecule has 1 rings (SSSR count). The molecular weight excluding hydrogens is 255 g/mol. The number of hydrogen-bond acceptors (Lipinski definition) is 4. The highest BCUT2D eigenvalue weighted by molar-refractivity contribution is 6.58. The Labute approximate surface area is 120 Å². The summed E-state index contributed by atoms with van der Waals surface area (Å²) in [5.74, 6) is 0.0522. The molecule has 0 amide bonds. The summed E-state index contributed by atoms with van der Waals surface area (Å²) in [7, 11) is -1.52. The largest absolute Gasteiger partial charge is 0.488 e. The average Bonchev–Trinajstić information content (AvgIpc) is 2.47. The first kappa shape index (κ1) is 16.7. The second-order valence-electron chi connectivity index (χ2n) is 5.01. The van der Waals surface area contributed by atoms with Gasteiger partial charge in [-0.25, -0.2) is 4.79 Å². The fraction of sp³-hybridized carbons (Fsp3) is 0.533. The van der Waals surface area contributed by atoms with Gasteiger partial charge in [0.15, 0.2) is 0 Å². The molecule has 0 heterocycles. The van der Waals surface area contributed by atoms with Crippen molar-refractivity contribution in [3.05, 3.63) is 29.8 Å². The van der Waals surface area contributed by atoms with E-state index in [9.17, 15) is 4.79 Å². The topological polar surface area (TPSA) is 66.8 Å². The van der Waals surface area contributed by atoms with Gasteiger partial charge in [0.1, 0.15) is 0 Å². The highest BCUT2D eigenvalue weighted by Gasteiger charge is 2.14. The van der Waals surface area contributed by atoms with Crippen molar-refractivity contribution in [2.45, 2.75) is 39.5 Å². The quantitative estimate of drug-likeness (QED) is 0.561. The van der Waals surface area contributed by atoms with Gasteiger partial charge in [0.25, 0.3) is 0 Å². The molecule has 0 aromatic heterocycles. The maximum atomic E-state index is 11.9. The van der Waals surface area contributed by atoms with E-state index >= 15 is 0 Å². The molecule has 0 bridgehead atoms. The van der Waals surface area contributed by atoms with Crippen molar-refractivity contribution in [1.29, 1.82) is 0 Å². The molecule has 2 N–H and O–H groups in total. The molecular formula is C15H23BO4. The lowest BCUT2D eigenvalue weighted by Crippen LogP contribution is -2.29. The first-order chi connectivity index (χ1) is 9.58. The maximum absolute atomic E-state index is 11.9. The van der Waals surface area contributed by atoms with E-state index in [-0.39, 0.29) is 5.97 Å². The lowest BCUT2D eigenvalue weighted by atomic mass is 9.80. The van der Waals surface area contributed by atoms with Crippen LogP contribution in [-0.2, 0) is 4.74 Å². The van der Waals surface area contributed by atoms with E-state index in [0.29, 0.717) is 23.6 Å². The van der Waals surface area contributed by atoms with E-state index in [1.807, 2.05) is 0 Å². The lowest BCUT2D eigenvalue weighted by Gasteiger charge is -2.14. The molecule has 5 heteroatoms. The molecule has 110 valence electrons. The minimum atomic E-state index is -1.52. The van der Waals surface area contributed by atoms with Gasteiger partial charge >= 0.3 is 13.1 Å². The summed E-state index contributed by atoms with van der Waals surface area (Å²) in [6.07, 6.45) is 4.38. The van der Waals surface area contributed by atoms with Gasteiger partial charge in [-0.1, -0.05) is 45.2 Å². The molecule has 0 fully saturated rings. The monoisotopic (exact) mass is 278 g/mol. The van der Waals surface area contributed by atoms with Crippen molar-refractivity contribution in [3.63, 3.8) is 0 Å². The molecule has 0 saturated carbocycles. The molecule has 0 radical (unpaired) electrons. The van der Waals surface area contributed by atoms with Crippen LogP contribution in [0.2, 0.25) is 0 Å². The summed E-state index contributed by atoms with van der Waals surface area (Å²) < 4.78 is 5.31. The third-order valence-electron chi connectivity index (χ3n) is 3.44. The number of ether oxygens (including phenoxy) is 1. The fourth-order valence-corrected chi connectivity index (χ4v) is 1.97. The van der Waals surface area contributed by atoms with Crippen LogP contribution in [0.15, 0.2) is 24.3 Å². The number of carbonyl (C=O) groups is 1. The van der Waals surface area contributed by atoms with Crippen LogP contribution in [0.5, 0.6) is 0 Å². The Balaban J connectivity index is 2.49. The molecule has 0 aliphatic rings. The Morgan fingerprint density at radius 2 is 1.90 bits per heavy atom. The Kier molecular flexibility index (Phi) is 7.33. The van der Waals surface area contributed by atoms with Crippen molar-refractivity contribution in [2.75, 3.05) is 6.61 Å². The third kappa shape index (κ3) is 5.35. The summed E-state index contributed by atoms with van der Waals surface area (Å²) in [6, 6.07) is 6.11. The number of carbonyl (C=O) groups excluding carboxylic acids is 1. The number of esters is 1. The number of rotatable bonds is 8. The SMILES string of the molecule is CCCCC(CC)COC(=O)c1ccc(B(O)O)cc1. The third-order valence-corrected chi connectivity index (χ3v) is 3.44. The Morgan fingerprint density at radius 1 is 1.25 bits per heavy atom. The fourth-order valence-electron chi connectivity index (χ4n) is 1.97. The van der Waals surface area contributed by atoms with Crippen molar-refractivity contribution < 1.29 is 19.6 Å². The molecule has 0 aliphatic carbocycles. The molecule has 0 aliphatic heterocycles. The van der Waals surface area contributed by atoms with Crippen LogP contribution in [0.3, 0.4) is 0 Å². The molecule has 0 saturated heterocycles. The van der Waals surface area contributed by atoms with E-state index in [1.54, 1.807) is 12.1 Å². The van der Waals surface area contributed by atoms with E-state index < -0.39 is 7.12 Å². The Bertz CT molecular complexity index is 403. The zero-order valence-electron chi connectivity index (χ0n) is 12.2. The van der Waals surface area contributed by atoms with Crippen LogP contribution >= 0.6 is 0 Å². The lowest BCUT2D eigenvalue weighted by molar-refractivity contribution is 0.0428. The minimum absolute atomic E-state index is 0.357. The molecule has 1 aromatic rings. The van der Waals surface area contributed by atoms with Gasteiger partial charge in [-0.05, 0) is 29.9 Å². The summed E-state index contributed by atoms with van der Waals surface area (Å²) in [5.41, 5.74) is 0.788. The van der Waals surface area contributed by atoms with Crippen LogP contribution in [0, 0.1) is 5.92 Å². The van der Waals surface area contributed by atoms with Crippen molar-refractivity contribution in [3.8, 4) is 0 Å². The average molecular weight is 278 g/mol. The highest BCUT2D eigenvalue weighted by atomic mass is 16.5. The van der Waals surface area contributed by atoms with Gasteiger partial charge in [0.05, 0.1) is 12.2 Å². The second kappa shape index (κ2) is 8.77. The second-order valence-corrected chi connectivity index (χ2v) is 5.01. The van der Waals surface area contributed by atoms with Crippen LogP contribution in [-0.4, -0.2) is 29.7 Å². The molecule has 0 spiro atoms. The summed E-state index contributed by atoms with van der Waals surface area (Å²) >= 11 is 0. The highest BCUT2D eigenvalue weighted by Crippen LogP contribution is 2.13. The van der Waals surface area contributed by atoms with Gasteiger partial charge in [0.2, 0.25) is 0 Å². The van der Waals surface area contributed by atoms with Gasteiger partial charge in [-0.3, -0.25) is 0 Å². The predicted octanol–water partition coefficient (Wildman–Crippen LogP) is 1.74. The van der Waals surface area contributed by atoms with Crippen molar-refractivity contribution in [2.24, 2.45) is 5.92 Å². The minimum Gasteiger partial charge on any atom is -0.462 e. The van der Waals surface area contributed by atoms with Crippen LogP contribution in [0.4, 0.5) is 0 Å². The van der Waals surface area contributed by atoms with E-state index in [2.05, 4.69) is 13.8 Å². The zero-order chi connectivity index (χ0) is 15.0. The molecule has 20 heavy (non-hydrogen) atoms. The first-order valence-electron chi connectivity index (χ1n) is 7.21.